The highest BCUT2D eigenvalue weighted by atomic mass is 15.3. The predicted octanol–water partition coefficient (Wildman–Crippen LogP) is 0.980. The molecule has 3 heteroatoms. The summed E-state index contributed by atoms with van der Waals surface area (Å²) in [6, 6.07) is 2.14. The minimum Gasteiger partial charge on any atom is -0.316 e. The Bertz CT molecular complexity index is 248. The van der Waals surface area contributed by atoms with Gasteiger partial charge in [0.15, 0.2) is 0 Å². The van der Waals surface area contributed by atoms with Crippen LogP contribution >= 0.6 is 0 Å². The molecule has 1 unspecified atom stereocenters. The zero-order valence-electron chi connectivity index (χ0n) is 7.45. The van der Waals surface area contributed by atoms with E-state index in [0.29, 0.717) is 5.92 Å². The molecule has 1 aromatic rings. The highest BCUT2D eigenvalue weighted by Gasteiger charge is 2.19. The highest BCUT2D eigenvalue weighted by Crippen LogP contribution is 2.21. The van der Waals surface area contributed by atoms with Crippen molar-refractivity contribution in [1.29, 1.82) is 0 Å². The van der Waals surface area contributed by atoms with Crippen LogP contribution in [-0.4, -0.2) is 22.9 Å². The van der Waals surface area contributed by atoms with Gasteiger partial charge in [-0.05, 0) is 26.0 Å². The second-order valence-corrected chi connectivity index (χ2v) is 3.26. The van der Waals surface area contributed by atoms with E-state index in [1.807, 2.05) is 6.20 Å². The summed E-state index contributed by atoms with van der Waals surface area (Å²) in [5, 5.41) is 7.64. The van der Waals surface area contributed by atoms with Gasteiger partial charge in [-0.3, -0.25) is 4.68 Å². The molecule has 0 saturated carbocycles. The van der Waals surface area contributed by atoms with Gasteiger partial charge in [0.1, 0.15) is 0 Å². The van der Waals surface area contributed by atoms with Crippen molar-refractivity contribution < 1.29 is 0 Å². The molecule has 0 aromatic carbocycles. The van der Waals surface area contributed by atoms with Crippen LogP contribution in [0.25, 0.3) is 0 Å². The number of nitrogens with zero attached hydrogens (tertiary/aromatic N) is 2. The second kappa shape index (κ2) is 3.27. The Hall–Kier alpha value is -0.830. The summed E-state index contributed by atoms with van der Waals surface area (Å²) < 4.78 is 2.09. The molecule has 66 valence electrons. The molecule has 0 aliphatic carbocycles. The summed E-state index contributed by atoms with van der Waals surface area (Å²) in [5.41, 5.74) is 1.39. The zero-order chi connectivity index (χ0) is 8.39. The van der Waals surface area contributed by atoms with Crippen molar-refractivity contribution in [3.05, 3.63) is 18.0 Å². The molecule has 1 atom stereocenters. The van der Waals surface area contributed by atoms with E-state index in [9.17, 15) is 0 Å². The van der Waals surface area contributed by atoms with E-state index in [1.165, 1.54) is 12.1 Å². The van der Waals surface area contributed by atoms with Gasteiger partial charge in [0.25, 0.3) is 0 Å². The number of aryl methyl sites for hydroxylation is 1. The van der Waals surface area contributed by atoms with Crippen molar-refractivity contribution in [3.8, 4) is 0 Å². The molecule has 1 fully saturated rings. The van der Waals surface area contributed by atoms with Crippen molar-refractivity contribution in [2.75, 3.05) is 13.1 Å². The molecular formula is C9H15N3. The number of rotatable bonds is 2. The molecule has 3 nitrogen and oxygen atoms in total. The topological polar surface area (TPSA) is 29.9 Å². The van der Waals surface area contributed by atoms with Crippen LogP contribution in [0, 0.1) is 0 Å². The minimum absolute atomic E-state index is 0.687. The summed E-state index contributed by atoms with van der Waals surface area (Å²) in [6.07, 6.45) is 3.16. The average Bonchev–Trinajstić information content (AvgIpc) is 2.74. The number of hydrogen-bond donors (Lipinski definition) is 1. The zero-order valence-corrected chi connectivity index (χ0v) is 7.45. The molecule has 1 aliphatic rings. The Balaban J connectivity index is 2.19. The lowest BCUT2D eigenvalue weighted by Gasteiger charge is -2.09. The first-order chi connectivity index (χ1) is 5.92. The maximum Gasteiger partial charge on any atom is 0.0492 e. The summed E-state index contributed by atoms with van der Waals surface area (Å²) in [5.74, 6) is 0.687. The Morgan fingerprint density at radius 1 is 1.75 bits per heavy atom. The fraction of sp³-hybridized carbons (Fsp3) is 0.667. The Labute approximate surface area is 72.8 Å². The monoisotopic (exact) mass is 165 g/mol. The first kappa shape index (κ1) is 7.80. The lowest BCUT2D eigenvalue weighted by atomic mass is 10.1. The SMILES string of the molecule is CCn1nccc1C1CCNC1. The minimum atomic E-state index is 0.687. The molecule has 2 rings (SSSR count). The highest BCUT2D eigenvalue weighted by molar-refractivity contribution is 5.10. The normalized spacial score (nSPS) is 23.2. The summed E-state index contributed by atoms with van der Waals surface area (Å²) in [4.78, 5) is 0. The van der Waals surface area contributed by atoms with Crippen molar-refractivity contribution in [2.45, 2.75) is 25.8 Å². The molecule has 1 saturated heterocycles. The van der Waals surface area contributed by atoms with E-state index in [1.54, 1.807) is 0 Å². The van der Waals surface area contributed by atoms with E-state index >= 15 is 0 Å². The van der Waals surface area contributed by atoms with Crippen LogP contribution in [0.4, 0.5) is 0 Å². The summed E-state index contributed by atoms with van der Waals surface area (Å²) in [7, 11) is 0. The largest absolute Gasteiger partial charge is 0.316 e. The first-order valence-corrected chi connectivity index (χ1v) is 4.64. The Morgan fingerprint density at radius 2 is 2.67 bits per heavy atom. The third kappa shape index (κ3) is 1.25. The van der Waals surface area contributed by atoms with Gasteiger partial charge in [-0.25, -0.2) is 0 Å². The van der Waals surface area contributed by atoms with Gasteiger partial charge >= 0.3 is 0 Å². The van der Waals surface area contributed by atoms with Crippen LogP contribution < -0.4 is 5.32 Å². The van der Waals surface area contributed by atoms with E-state index in [0.717, 1.165) is 19.6 Å². The Morgan fingerprint density at radius 3 is 3.33 bits per heavy atom. The second-order valence-electron chi connectivity index (χ2n) is 3.26. The van der Waals surface area contributed by atoms with Crippen LogP contribution in [0.15, 0.2) is 12.3 Å². The van der Waals surface area contributed by atoms with Crippen LogP contribution in [-0.2, 0) is 6.54 Å². The van der Waals surface area contributed by atoms with Gasteiger partial charge in [-0.15, -0.1) is 0 Å². The standard InChI is InChI=1S/C9H15N3/c1-2-12-9(4-6-11-12)8-3-5-10-7-8/h4,6,8,10H,2-3,5,7H2,1H3. The molecule has 0 radical (unpaired) electrons. The van der Waals surface area contributed by atoms with Crippen molar-refractivity contribution in [2.24, 2.45) is 0 Å². The molecular weight excluding hydrogens is 150 g/mol. The fourth-order valence-electron chi connectivity index (χ4n) is 1.86. The lowest BCUT2D eigenvalue weighted by Crippen LogP contribution is -2.11. The molecule has 1 N–H and O–H groups in total. The average molecular weight is 165 g/mol. The molecule has 12 heavy (non-hydrogen) atoms. The Kier molecular flexibility index (Phi) is 2.13. The smallest absolute Gasteiger partial charge is 0.0492 e. The molecule has 2 heterocycles. The van der Waals surface area contributed by atoms with Gasteiger partial charge in [-0.2, -0.15) is 5.10 Å². The maximum absolute atomic E-state index is 4.27. The van der Waals surface area contributed by atoms with Crippen LogP contribution in [0.2, 0.25) is 0 Å². The summed E-state index contributed by atoms with van der Waals surface area (Å²) in [6.45, 7) is 5.39. The molecule has 1 aliphatic heterocycles. The molecule has 0 amide bonds. The van der Waals surface area contributed by atoms with E-state index in [2.05, 4.69) is 28.1 Å². The quantitative estimate of drug-likeness (QED) is 0.708. The van der Waals surface area contributed by atoms with E-state index in [4.69, 9.17) is 0 Å². The predicted molar refractivity (Wildman–Crippen MR) is 48.1 cm³/mol. The van der Waals surface area contributed by atoms with Crippen molar-refractivity contribution in [3.63, 3.8) is 0 Å². The maximum atomic E-state index is 4.27. The molecule has 0 bridgehead atoms. The first-order valence-electron chi connectivity index (χ1n) is 4.64. The number of aromatic nitrogens is 2. The van der Waals surface area contributed by atoms with Gasteiger partial charge in [-0.1, -0.05) is 0 Å². The summed E-state index contributed by atoms with van der Waals surface area (Å²) >= 11 is 0. The van der Waals surface area contributed by atoms with Crippen LogP contribution in [0.5, 0.6) is 0 Å². The van der Waals surface area contributed by atoms with Crippen molar-refractivity contribution >= 4 is 0 Å². The fourth-order valence-corrected chi connectivity index (χ4v) is 1.86. The van der Waals surface area contributed by atoms with Crippen LogP contribution in [0.1, 0.15) is 25.0 Å². The van der Waals surface area contributed by atoms with Gasteiger partial charge in [0.05, 0.1) is 0 Å². The van der Waals surface area contributed by atoms with Crippen molar-refractivity contribution in [1.82, 2.24) is 15.1 Å². The van der Waals surface area contributed by atoms with E-state index in [-0.39, 0.29) is 0 Å². The van der Waals surface area contributed by atoms with E-state index < -0.39 is 0 Å². The molecule has 1 aromatic heterocycles. The third-order valence-electron chi connectivity index (χ3n) is 2.53. The van der Waals surface area contributed by atoms with Gasteiger partial charge < -0.3 is 5.32 Å². The molecule has 0 spiro atoms. The lowest BCUT2D eigenvalue weighted by molar-refractivity contribution is 0.581. The number of hydrogen-bond acceptors (Lipinski definition) is 2. The van der Waals surface area contributed by atoms with Gasteiger partial charge in [0.2, 0.25) is 0 Å². The van der Waals surface area contributed by atoms with Crippen LogP contribution in [0.3, 0.4) is 0 Å². The number of nitrogens with one attached hydrogen (secondary N) is 1. The third-order valence-corrected chi connectivity index (χ3v) is 2.53. The van der Waals surface area contributed by atoms with Gasteiger partial charge in [0, 0.05) is 30.9 Å².